The minimum atomic E-state index is -1.21. The smallest absolute Gasteiger partial charge is 0.338 e. The molecule has 2 aliphatic heterocycles. The molecule has 5 rings (SSSR count). The van der Waals surface area contributed by atoms with Crippen molar-refractivity contribution in [3.8, 4) is 16.9 Å². The standard InChI is InChI=1S/C31H29Cl2FN4O5/c1-17-26(31(40)41)25(37-6-8-42-9-7-37)12-22(28(17)34)21-5-3-4-18-15-38(16-43-29(18)21)30(39)27-23(32)10-19(11-24(27)33)20(13-35)14-36-2/h3-5,10-14,35-36H,6-9,15-16H2,1-2H3,(H,40,41)/b20-14+,35-13?. The maximum atomic E-state index is 15.8. The summed E-state index contributed by atoms with van der Waals surface area (Å²) < 4.78 is 27.3. The van der Waals surface area contributed by atoms with Gasteiger partial charge in [-0.2, -0.15) is 0 Å². The lowest BCUT2D eigenvalue weighted by molar-refractivity contribution is 0.0516. The molecule has 1 saturated heterocycles. The molecule has 0 spiro atoms. The van der Waals surface area contributed by atoms with E-state index in [-0.39, 0.29) is 45.6 Å². The third-order valence-electron chi connectivity index (χ3n) is 7.49. The van der Waals surface area contributed by atoms with E-state index in [2.05, 4.69) is 5.32 Å². The van der Waals surface area contributed by atoms with Gasteiger partial charge in [0, 0.05) is 60.4 Å². The van der Waals surface area contributed by atoms with E-state index in [0.29, 0.717) is 60.0 Å². The van der Waals surface area contributed by atoms with Crippen LogP contribution in [0.2, 0.25) is 10.0 Å². The number of nitrogens with one attached hydrogen (secondary N) is 2. The van der Waals surface area contributed by atoms with Crippen molar-refractivity contribution in [2.24, 2.45) is 0 Å². The Kier molecular flexibility index (Phi) is 8.91. The van der Waals surface area contributed by atoms with Gasteiger partial charge in [0.05, 0.1) is 46.6 Å². The van der Waals surface area contributed by atoms with Gasteiger partial charge in [0.2, 0.25) is 0 Å². The largest absolute Gasteiger partial charge is 0.478 e. The SMILES string of the molecule is CN/C=C(\C=N)c1cc(Cl)c(C(=O)N2COc3c(cccc3-c3cc(N4CCOCC4)c(C(=O)O)c(C)c3F)C2)c(Cl)c1. The molecule has 2 heterocycles. The normalized spacial score (nSPS) is 15.0. The Morgan fingerprint density at radius 3 is 2.42 bits per heavy atom. The van der Waals surface area contributed by atoms with Crippen LogP contribution >= 0.6 is 23.2 Å². The number of carbonyl (C=O) groups is 2. The average Bonchev–Trinajstić information content (AvgIpc) is 3.00. The monoisotopic (exact) mass is 626 g/mol. The molecular formula is C31H29Cl2FN4O5. The number of ether oxygens (including phenoxy) is 2. The number of morpholine rings is 1. The predicted molar refractivity (Wildman–Crippen MR) is 164 cm³/mol. The van der Waals surface area contributed by atoms with Gasteiger partial charge < -0.3 is 35.1 Å². The van der Waals surface area contributed by atoms with E-state index < -0.39 is 17.7 Å². The van der Waals surface area contributed by atoms with E-state index in [0.717, 1.165) is 6.21 Å². The summed E-state index contributed by atoms with van der Waals surface area (Å²) in [5.74, 6) is -1.90. The molecule has 0 bridgehead atoms. The van der Waals surface area contributed by atoms with Gasteiger partial charge in [0.15, 0.2) is 6.73 Å². The first-order chi connectivity index (χ1) is 20.7. The summed E-state index contributed by atoms with van der Waals surface area (Å²) >= 11 is 13.0. The van der Waals surface area contributed by atoms with Gasteiger partial charge >= 0.3 is 5.97 Å². The molecular weight excluding hydrogens is 598 g/mol. The lowest BCUT2D eigenvalue weighted by Gasteiger charge is -2.32. The minimum Gasteiger partial charge on any atom is -0.478 e. The fraction of sp³-hybridized carbons (Fsp3) is 0.258. The molecule has 2 aliphatic rings. The van der Waals surface area contributed by atoms with E-state index >= 15 is 4.39 Å². The summed E-state index contributed by atoms with van der Waals surface area (Å²) in [6.45, 7) is 3.29. The van der Waals surface area contributed by atoms with Crippen molar-refractivity contribution in [3.05, 3.63) is 86.3 Å². The summed E-state index contributed by atoms with van der Waals surface area (Å²) in [5, 5.41) is 20.7. The zero-order chi connectivity index (χ0) is 30.8. The maximum absolute atomic E-state index is 15.8. The fourth-order valence-electron chi connectivity index (χ4n) is 5.38. The number of para-hydroxylation sites is 1. The predicted octanol–water partition coefficient (Wildman–Crippen LogP) is 5.84. The molecule has 0 aliphatic carbocycles. The van der Waals surface area contributed by atoms with E-state index in [9.17, 15) is 14.7 Å². The van der Waals surface area contributed by atoms with Crippen LogP contribution in [0.5, 0.6) is 5.75 Å². The summed E-state index contributed by atoms with van der Waals surface area (Å²) in [6, 6.07) is 9.93. The minimum absolute atomic E-state index is 0.0279. The van der Waals surface area contributed by atoms with Crippen LogP contribution in [0.4, 0.5) is 10.1 Å². The molecule has 3 aromatic carbocycles. The number of amides is 1. The highest BCUT2D eigenvalue weighted by molar-refractivity contribution is 6.40. The molecule has 9 nitrogen and oxygen atoms in total. The highest BCUT2D eigenvalue weighted by Crippen LogP contribution is 2.42. The Bertz CT molecular complexity index is 1630. The van der Waals surface area contributed by atoms with Crippen molar-refractivity contribution in [3.63, 3.8) is 0 Å². The number of carbonyl (C=O) groups excluding carboxylic acids is 1. The molecule has 1 fully saturated rings. The lowest BCUT2D eigenvalue weighted by atomic mass is 9.94. The zero-order valence-electron chi connectivity index (χ0n) is 23.5. The molecule has 0 saturated carbocycles. The van der Waals surface area contributed by atoms with Crippen molar-refractivity contribution in [2.75, 3.05) is 45.0 Å². The second-order valence-electron chi connectivity index (χ2n) is 10.1. The number of hydrogen-bond acceptors (Lipinski definition) is 7. The first kappa shape index (κ1) is 30.3. The van der Waals surface area contributed by atoms with Crippen molar-refractivity contribution < 1.29 is 28.6 Å². The molecule has 12 heteroatoms. The van der Waals surface area contributed by atoms with Crippen LogP contribution in [-0.2, 0) is 11.3 Å². The molecule has 3 N–H and O–H groups in total. The van der Waals surface area contributed by atoms with E-state index in [4.69, 9.17) is 38.1 Å². The number of carboxylic acids is 1. The van der Waals surface area contributed by atoms with Gasteiger partial charge in [0.25, 0.3) is 5.91 Å². The lowest BCUT2D eigenvalue weighted by Crippen LogP contribution is -2.38. The van der Waals surface area contributed by atoms with Crippen LogP contribution in [0, 0.1) is 18.2 Å². The van der Waals surface area contributed by atoms with Crippen molar-refractivity contribution in [2.45, 2.75) is 13.5 Å². The summed E-state index contributed by atoms with van der Waals surface area (Å²) in [6.07, 6.45) is 2.77. The van der Waals surface area contributed by atoms with Crippen molar-refractivity contribution in [1.82, 2.24) is 10.2 Å². The number of allylic oxidation sites excluding steroid dienone is 1. The van der Waals surface area contributed by atoms with Gasteiger partial charge in [-0.25, -0.2) is 9.18 Å². The second kappa shape index (κ2) is 12.6. The molecule has 0 aromatic heterocycles. The molecule has 0 radical (unpaired) electrons. The number of rotatable bonds is 7. The molecule has 3 aromatic rings. The Labute approximate surface area is 257 Å². The fourth-order valence-corrected chi connectivity index (χ4v) is 6.03. The quantitative estimate of drug-likeness (QED) is 0.282. The first-order valence-corrected chi connectivity index (χ1v) is 14.2. The van der Waals surface area contributed by atoms with E-state index in [1.165, 1.54) is 11.8 Å². The van der Waals surface area contributed by atoms with Crippen LogP contribution in [0.25, 0.3) is 16.7 Å². The Hall–Kier alpha value is -4.12. The Morgan fingerprint density at radius 2 is 1.79 bits per heavy atom. The number of benzene rings is 3. The summed E-state index contributed by atoms with van der Waals surface area (Å²) in [4.78, 5) is 29.1. The highest BCUT2D eigenvalue weighted by atomic mass is 35.5. The topological polar surface area (TPSA) is 115 Å². The van der Waals surface area contributed by atoms with Gasteiger partial charge in [0.1, 0.15) is 11.6 Å². The van der Waals surface area contributed by atoms with Crippen LogP contribution in [0.15, 0.2) is 42.6 Å². The first-order valence-electron chi connectivity index (χ1n) is 13.5. The van der Waals surface area contributed by atoms with Gasteiger partial charge in [-0.1, -0.05) is 41.4 Å². The number of fused-ring (bicyclic) bond motifs is 1. The van der Waals surface area contributed by atoms with Crippen LogP contribution in [0.3, 0.4) is 0 Å². The van der Waals surface area contributed by atoms with Gasteiger partial charge in [-0.15, -0.1) is 0 Å². The summed E-state index contributed by atoms with van der Waals surface area (Å²) in [7, 11) is 1.70. The second-order valence-corrected chi connectivity index (χ2v) is 10.9. The van der Waals surface area contributed by atoms with Crippen molar-refractivity contribution >= 4 is 52.6 Å². The molecule has 0 unspecified atom stereocenters. The highest BCUT2D eigenvalue weighted by Gasteiger charge is 2.31. The van der Waals surface area contributed by atoms with E-state index in [1.807, 2.05) is 4.90 Å². The maximum Gasteiger partial charge on any atom is 0.338 e. The number of hydrogen-bond donors (Lipinski definition) is 3. The molecule has 0 atom stereocenters. The number of halogens is 3. The zero-order valence-corrected chi connectivity index (χ0v) is 25.0. The average molecular weight is 628 g/mol. The number of nitrogens with zero attached hydrogens (tertiary/aromatic N) is 2. The number of carboxylic acid groups (broad SMARTS) is 1. The third-order valence-corrected chi connectivity index (χ3v) is 8.08. The van der Waals surface area contributed by atoms with Crippen LogP contribution < -0.4 is 15.0 Å². The van der Waals surface area contributed by atoms with Crippen LogP contribution in [-0.4, -0.2) is 68.2 Å². The Morgan fingerprint density at radius 1 is 1.09 bits per heavy atom. The van der Waals surface area contributed by atoms with Crippen molar-refractivity contribution in [1.29, 1.82) is 5.41 Å². The Balaban J connectivity index is 1.49. The third kappa shape index (κ3) is 5.78. The number of aromatic carboxylic acids is 1. The van der Waals surface area contributed by atoms with Gasteiger partial charge in [-0.05, 0) is 30.7 Å². The van der Waals surface area contributed by atoms with Gasteiger partial charge in [-0.3, -0.25) is 4.79 Å². The number of anilines is 1. The molecule has 224 valence electrons. The van der Waals surface area contributed by atoms with Crippen LogP contribution in [0.1, 0.15) is 37.4 Å². The molecule has 1 amide bonds. The molecule has 43 heavy (non-hydrogen) atoms. The summed E-state index contributed by atoms with van der Waals surface area (Å²) in [5.41, 5.74) is 2.86. The van der Waals surface area contributed by atoms with E-state index in [1.54, 1.807) is 49.6 Å².